The third-order valence-corrected chi connectivity index (χ3v) is 3.23. The molecular weight excluding hydrogens is 321 g/mol. The van der Waals surface area contributed by atoms with Crippen LogP contribution in [0.25, 0.3) is 0 Å². The van der Waals surface area contributed by atoms with Crippen LogP contribution in [-0.2, 0) is 0 Å². The van der Waals surface area contributed by atoms with E-state index in [-0.39, 0.29) is 10.0 Å². The number of carbonyl (C=O) groups excluding carboxylic acids is 1. The largest absolute Gasteiger partial charge is 0.399 e. The molecule has 2 amide bonds. The van der Waals surface area contributed by atoms with Crippen LogP contribution >= 0.6 is 34.8 Å². The molecule has 0 aromatic heterocycles. The van der Waals surface area contributed by atoms with Gasteiger partial charge in [0.2, 0.25) is 0 Å². The van der Waals surface area contributed by atoms with E-state index >= 15 is 0 Å². The van der Waals surface area contributed by atoms with E-state index in [2.05, 4.69) is 10.6 Å². The van der Waals surface area contributed by atoms with Crippen LogP contribution < -0.4 is 16.4 Å². The Bertz CT molecular complexity index is 621. The van der Waals surface area contributed by atoms with Crippen molar-refractivity contribution >= 4 is 57.9 Å². The van der Waals surface area contributed by atoms with E-state index in [1.165, 1.54) is 12.1 Å². The van der Waals surface area contributed by atoms with E-state index < -0.39 is 6.03 Å². The van der Waals surface area contributed by atoms with Crippen molar-refractivity contribution in [3.8, 4) is 0 Å². The number of hydrogen-bond acceptors (Lipinski definition) is 2. The zero-order chi connectivity index (χ0) is 14.7. The lowest BCUT2D eigenvalue weighted by Crippen LogP contribution is -2.19. The molecule has 4 nitrogen and oxygen atoms in total. The molecule has 0 aliphatic rings. The molecule has 0 spiro atoms. The van der Waals surface area contributed by atoms with Gasteiger partial charge in [-0.15, -0.1) is 0 Å². The summed E-state index contributed by atoms with van der Waals surface area (Å²) < 4.78 is 0. The second-order valence-electron chi connectivity index (χ2n) is 3.95. The summed E-state index contributed by atoms with van der Waals surface area (Å²) in [5.41, 5.74) is 7.06. The summed E-state index contributed by atoms with van der Waals surface area (Å²) in [5.74, 6) is 0. The van der Waals surface area contributed by atoms with Gasteiger partial charge in [0.05, 0.1) is 15.7 Å². The average molecular weight is 331 g/mol. The van der Waals surface area contributed by atoms with Gasteiger partial charge in [0, 0.05) is 16.4 Å². The topological polar surface area (TPSA) is 67.1 Å². The zero-order valence-corrected chi connectivity index (χ0v) is 12.4. The lowest BCUT2D eigenvalue weighted by Gasteiger charge is -2.11. The van der Waals surface area contributed by atoms with Crippen LogP contribution in [0.1, 0.15) is 0 Å². The molecule has 2 aromatic rings. The van der Waals surface area contributed by atoms with E-state index in [0.717, 1.165) is 0 Å². The summed E-state index contributed by atoms with van der Waals surface area (Å²) in [6, 6.07) is 9.23. The number of carbonyl (C=O) groups is 1. The maximum absolute atomic E-state index is 11.9. The van der Waals surface area contributed by atoms with Crippen LogP contribution in [0.3, 0.4) is 0 Å². The lowest BCUT2D eigenvalue weighted by atomic mass is 10.3. The van der Waals surface area contributed by atoms with Gasteiger partial charge in [-0.1, -0.05) is 34.8 Å². The lowest BCUT2D eigenvalue weighted by molar-refractivity contribution is 0.262. The van der Waals surface area contributed by atoms with Crippen LogP contribution in [0.15, 0.2) is 36.4 Å². The van der Waals surface area contributed by atoms with Crippen LogP contribution in [0.4, 0.5) is 21.9 Å². The number of hydrogen-bond donors (Lipinski definition) is 3. The van der Waals surface area contributed by atoms with Crippen molar-refractivity contribution in [2.24, 2.45) is 0 Å². The highest BCUT2D eigenvalue weighted by Gasteiger charge is 2.11. The minimum atomic E-state index is -0.471. The van der Waals surface area contributed by atoms with E-state index in [1.54, 1.807) is 24.3 Å². The maximum Gasteiger partial charge on any atom is 0.323 e. The molecule has 7 heteroatoms. The first-order valence-corrected chi connectivity index (χ1v) is 6.67. The van der Waals surface area contributed by atoms with Gasteiger partial charge in [-0.3, -0.25) is 0 Å². The summed E-state index contributed by atoms with van der Waals surface area (Å²) in [7, 11) is 0. The van der Waals surface area contributed by atoms with Crippen LogP contribution in [0.2, 0.25) is 15.1 Å². The fraction of sp³-hybridized carbons (Fsp3) is 0. The van der Waals surface area contributed by atoms with Crippen LogP contribution in [-0.4, -0.2) is 6.03 Å². The molecule has 20 heavy (non-hydrogen) atoms. The van der Waals surface area contributed by atoms with E-state index in [9.17, 15) is 4.79 Å². The molecule has 104 valence electrons. The number of urea groups is 1. The van der Waals surface area contributed by atoms with Crippen molar-refractivity contribution in [2.75, 3.05) is 16.4 Å². The van der Waals surface area contributed by atoms with E-state index in [4.69, 9.17) is 40.5 Å². The van der Waals surface area contributed by atoms with Crippen molar-refractivity contribution in [3.63, 3.8) is 0 Å². The van der Waals surface area contributed by atoms with Gasteiger partial charge in [0.25, 0.3) is 0 Å². The van der Waals surface area contributed by atoms with Gasteiger partial charge < -0.3 is 16.4 Å². The number of benzene rings is 2. The Kier molecular flexibility index (Phi) is 4.60. The molecular formula is C13H10Cl3N3O. The van der Waals surface area contributed by atoms with Gasteiger partial charge in [0.1, 0.15) is 0 Å². The first-order valence-electron chi connectivity index (χ1n) is 5.54. The molecule has 0 bridgehead atoms. The smallest absolute Gasteiger partial charge is 0.323 e. The zero-order valence-electron chi connectivity index (χ0n) is 10.1. The monoisotopic (exact) mass is 329 g/mol. The predicted molar refractivity (Wildman–Crippen MR) is 85.0 cm³/mol. The first-order chi connectivity index (χ1) is 9.45. The Morgan fingerprint density at radius 1 is 0.950 bits per heavy atom. The molecule has 0 fully saturated rings. The van der Waals surface area contributed by atoms with Gasteiger partial charge in [0.15, 0.2) is 0 Å². The predicted octanol–water partition coefficient (Wildman–Crippen LogP) is 4.87. The Hall–Kier alpha value is -1.62. The number of nitrogens with one attached hydrogen (secondary N) is 2. The van der Waals surface area contributed by atoms with Crippen LogP contribution in [0.5, 0.6) is 0 Å². The Balaban J connectivity index is 2.10. The average Bonchev–Trinajstić information content (AvgIpc) is 2.36. The van der Waals surface area contributed by atoms with Gasteiger partial charge in [-0.05, 0) is 36.4 Å². The van der Waals surface area contributed by atoms with Gasteiger partial charge in [-0.25, -0.2) is 4.79 Å². The molecule has 2 aromatic carbocycles. The minimum absolute atomic E-state index is 0.259. The molecule has 0 heterocycles. The molecule has 0 saturated carbocycles. The second kappa shape index (κ2) is 6.22. The van der Waals surface area contributed by atoms with Crippen molar-refractivity contribution < 1.29 is 4.79 Å². The number of anilines is 3. The molecule has 0 atom stereocenters. The van der Waals surface area contributed by atoms with E-state index in [0.29, 0.717) is 22.1 Å². The molecule has 0 radical (unpaired) electrons. The summed E-state index contributed by atoms with van der Waals surface area (Å²) in [6.45, 7) is 0. The molecule has 0 aliphatic heterocycles. The summed E-state index contributed by atoms with van der Waals surface area (Å²) in [6.07, 6.45) is 0. The number of halogens is 3. The fourth-order valence-electron chi connectivity index (χ4n) is 1.50. The number of rotatable bonds is 2. The highest BCUT2D eigenvalue weighted by molar-refractivity contribution is 6.42. The fourth-order valence-corrected chi connectivity index (χ4v) is 2.42. The van der Waals surface area contributed by atoms with Crippen molar-refractivity contribution in [2.45, 2.75) is 0 Å². The molecule has 2 rings (SSSR count). The standard InChI is InChI=1S/C13H10Cl3N3O/c14-7-5-10(15)12(11(16)6-7)19-13(20)18-9-3-1-8(17)2-4-9/h1-6H,17H2,(H2,18,19,20). The van der Waals surface area contributed by atoms with Gasteiger partial charge >= 0.3 is 6.03 Å². The Labute approximate surface area is 130 Å². The quantitative estimate of drug-likeness (QED) is 0.687. The molecule has 0 aliphatic carbocycles. The summed E-state index contributed by atoms with van der Waals surface area (Å²) >= 11 is 17.7. The molecule has 4 N–H and O–H groups in total. The number of nitrogens with two attached hydrogens (primary N) is 1. The first kappa shape index (κ1) is 14.8. The van der Waals surface area contributed by atoms with E-state index in [1.807, 2.05) is 0 Å². The van der Waals surface area contributed by atoms with Crippen molar-refractivity contribution in [3.05, 3.63) is 51.5 Å². The highest BCUT2D eigenvalue weighted by Crippen LogP contribution is 2.33. The van der Waals surface area contributed by atoms with Crippen LogP contribution in [0, 0.1) is 0 Å². The molecule has 0 unspecified atom stereocenters. The summed E-state index contributed by atoms with van der Waals surface area (Å²) in [4.78, 5) is 11.9. The third-order valence-electron chi connectivity index (χ3n) is 2.41. The third kappa shape index (κ3) is 3.70. The summed E-state index contributed by atoms with van der Waals surface area (Å²) in [5, 5.41) is 6.11. The highest BCUT2D eigenvalue weighted by atomic mass is 35.5. The normalized spacial score (nSPS) is 10.2. The van der Waals surface area contributed by atoms with Gasteiger partial charge in [-0.2, -0.15) is 0 Å². The maximum atomic E-state index is 11.9. The van der Waals surface area contributed by atoms with Crippen molar-refractivity contribution in [1.82, 2.24) is 0 Å². The number of amides is 2. The van der Waals surface area contributed by atoms with Crippen molar-refractivity contribution in [1.29, 1.82) is 0 Å². The molecule has 0 saturated heterocycles. The SMILES string of the molecule is Nc1ccc(NC(=O)Nc2c(Cl)cc(Cl)cc2Cl)cc1. The Morgan fingerprint density at radius 2 is 1.50 bits per heavy atom. The second-order valence-corrected chi connectivity index (χ2v) is 5.20. The number of nitrogen functional groups attached to an aromatic ring is 1. The minimum Gasteiger partial charge on any atom is -0.399 e. The Morgan fingerprint density at radius 3 is 2.05 bits per heavy atom.